The second-order valence-electron chi connectivity index (χ2n) is 5.23. The first-order chi connectivity index (χ1) is 11.7. The van der Waals surface area contributed by atoms with Gasteiger partial charge in [0, 0.05) is 17.3 Å². The minimum absolute atomic E-state index is 0.333. The Kier molecular flexibility index (Phi) is 5.01. The van der Waals surface area contributed by atoms with Crippen LogP contribution in [0.5, 0.6) is 0 Å². The van der Waals surface area contributed by atoms with Gasteiger partial charge in [-0.05, 0) is 43.7 Å². The van der Waals surface area contributed by atoms with E-state index in [1.54, 1.807) is 13.0 Å². The Bertz CT molecular complexity index is 885. The molecule has 0 radical (unpaired) electrons. The highest BCUT2D eigenvalue weighted by atomic mass is 32.2. The number of hydrogen-bond acceptors (Lipinski definition) is 4. The number of carbonyl (C=O) groups is 1. The number of benzene rings is 1. The summed E-state index contributed by atoms with van der Waals surface area (Å²) in [7, 11) is 0. The molecule has 122 valence electrons. The third-order valence-electron chi connectivity index (χ3n) is 3.42. The monoisotopic (exact) mass is 338 g/mol. The van der Waals surface area contributed by atoms with E-state index in [0.717, 1.165) is 21.8 Å². The molecule has 5 heteroatoms. The van der Waals surface area contributed by atoms with Crippen molar-refractivity contribution in [1.29, 1.82) is 0 Å². The van der Waals surface area contributed by atoms with Gasteiger partial charge in [-0.3, -0.25) is 0 Å². The maximum atomic E-state index is 12.3. The molecule has 2 heterocycles. The minimum atomic E-state index is -0.333. The average molecular weight is 338 g/mol. The molecule has 0 aliphatic heterocycles. The van der Waals surface area contributed by atoms with Crippen molar-refractivity contribution in [2.45, 2.75) is 18.7 Å². The number of fused-ring (bicyclic) bond motifs is 1. The van der Waals surface area contributed by atoms with E-state index in [2.05, 4.69) is 4.98 Å². The summed E-state index contributed by atoms with van der Waals surface area (Å²) in [5.74, 6) is -0.333. The molecule has 0 saturated heterocycles. The standard InChI is InChI=1S/C19H18N2O2S/c1-3-23-19(22)17(24-16-9-5-4-6-10-16)12-15-13-21-11-7-8-14(2)18(21)20-15/h4-13H,3H2,1-2H3/b17-12-. The number of nitrogens with zero attached hydrogens (tertiary/aromatic N) is 2. The largest absolute Gasteiger partial charge is 0.462 e. The van der Waals surface area contributed by atoms with Gasteiger partial charge in [-0.1, -0.05) is 36.0 Å². The number of aryl methyl sites for hydroxylation is 1. The maximum Gasteiger partial charge on any atom is 0.345 e. The molecule has 0 fully saturated rings. The second-order valence-corrected chi connectivity index (χ2v) is 6.35. The van der Waals surface area contributed by atoms with Gasteiger partial charge in [-0.2, -0.15) is 0 Å². The Labute approximate surface area is 145 Å². The lowest BCUT2D eigenvalue weighted by Gasteiger charge is -2.06. The van der Waals surface area contributed by atoms with Gasteiger partial charge in [0.05, 0.1) is 17.2 Å². The molecule has 2 aromatic heterocycles. The summed E-state index contributed by atoms with van der Waals surface area (Å²) in [6, 6.07) is 13.8. The Morgan fingerprint density at radius 2 is 2.04 bits per heavy atom. The van der Waals surface area contributed by atoms with Crippen molar-refractivity contribution in [3.63, 3.8) is 0 Å². The van der Waals surface area contributed by atoms with Crippen molar-refractivity contribution in [1.82, 2.24) is 9.38 Å². The Hall–Kier alpha value is -2.53. The van der Waals surface area contributed by atoms with Crippen molar-refractivity contribution in [3.05, 3.63) is 71.0 Å². The van der Waals surface area contributed by atoms with Crippen LogP contribution in [-0.4, -0.2) is 22.0 Å². The molecule has 0 spiro atoms. The van der Waals surface area contributed by atoms with E-state index in [0.29, 0.717) is 11.5 Å². The van der Waals surface area contributed by atoms with Crippen LogP contribution < -0.4 is 0 Å². The topological polar surface area (TPSA) is 43.6 Å². The molecule has 1 aromatic carbocycles. The van der Waals surface area contributed by atoms with Crippen LogP contribution in [0, 0.1) is 6.92 Å². The van der Waals surface area contributed by atoms with Crippen molar-refractivity contribution in [2.24, 2.45) is 0 Å². The third-order valence-corrected chi connectivity index (χ3v) is 4.44. The lowest BCUT2D eigenvalue weighted by atomic mass is 10.3. The van der Waals surface area contributed by atoms with Gasteiger partial charge in [0.2, 0.25) is 0 Å². The maximum absolute atomic E-state index is 12.3. The highest BCUT2D eigenvalue weighted by Crippen LogP contribution is 2.29. The number of hydrogen-bond donors (Lipinski definition) is 0. The summed E-state index contributed by atoms with van der Waals surface area (Å²) in [5.41, 5.74) is 2.71. The van der Waals surface area contributed by atoms with Crippen LogP contribution in [0.15, 0.2) is 64.7 Å². The van der Waals surface area contributed by atoms with E-state index in [1.165, 1.54) is 11.8 Å². The fourth-order valence-corrected chi connectivity index (χ4v) is 3.19. The van der Waals surface area contributed by atoms with Gasteiger partial charge in [0.15, 0.2) is 0 Å². The SMILES string of the molecule is CCOC(=O)/C(=C/c1cn2cccc(C)c2n1)Sc1ccccc1. The summed E-state index contributed by atoms with van der Waals surface area (Å²) in [4.78, 5) is 18.4. The normalized spacial score (nSPS) is 11.7. The van der Waals surface area contributed by atoms with Crippen molar-refractivity contribution < 1.29 is 9.53 Å². The predicted octanol–water partition coefficient (Wildman–Crippen LogP) is 4.34. The highest BCUT2D eigenvalue weighted by Gasteiger charge is 2.14. The van der Waals surface area contributed by atoms with Crippen LogP contribution >= 0.6 is 11.8 Å². The first kappa shape index (κ1) is 16.3. The molecular weight excluding hydrogens is 320 g/mol. The van der Waals surface area contributed by atoms with E-state index < -0.39 is 0 Å². The van der Waals surface area contributed by atoms with E-state index in [9.17, 15) is 4.79 Å². The third kappa shape index (κ3) is 3.68. The zero-order valence-electron chi connectivity index (χ0n) is 13.6. The van der Waals surface area contributed by atoms with Gasteiger partial charge in [-0.15, -0.1) is 0 Å². The lowest BCUT2D eigenvalue weighted by molar-refractivity contribution is -0.137. The summed E-state index contributed by atoms with van der Waals surface area (Å²) < 4.78 is 7.14. The first-order valence-electron chi connectivity index (χ1n) is 7.73. The number of esters is 1. The summed E-state index contributed by atoms with van der Waals surface area (Å²) in [6.07, 6.45) is 5.64. The van der Waals surface area contributed by atoms with E-state index in [-0.39, 0.29) is 5.97 Å². The highest BCUT2D eigenvalue weighted by molar-refractivity contribution is 8.04. The molecule has 0 aliphatic carbocycles. The summed E-state index contributed by atoms with van der Waals surface area (Å²) >= 11 is 1.38. The molecule has 0 unspecified atom stereocenters. The molecule has 3 rings (SSSR count). The fourth-order valence-electron chi connectivity index (χ4n) is 2.32. The van der Waals surface area contributed by atoms with Crippen LogP contribution in [0.25, 0.3) is 11.7 Å². The van der Waals surface area contributed by atoms with Gasteiger partial charge in [-0.25, -0.2) is 9.78 Å². The van der Waals surface area contributed by atoms with Gasteiger partial charge in [0.25, 0.3) is 0 Å². The van der Waals surface area contributed by atoms with Crippen LogP contribution in [-0.2, 0) is 9.53 Å². The van der Waals surface area contributed by atoms with Crippen LogP contribution in [0.1, 0.15) is 18.2 Å². The van der Waals surface area contributed by atoms with E-state index in [1.807, 2.05) is 66.2 Å². The Morgan fingerprint density at radius 1 is 1.25 bits per heavy atom. The molecule has 0 N–H and O–H groups in total. The fraction of sp³-hybridized carbons (Fsp3) is 0.158. The smallest absolute Gasteiger partial charge is 0.345 e. The van der Waals surface area contributed by atoms with E-state index in [4.69, 9.17) is 4.74 Å². The molecule has 0 aliphatic rings. The molecule has 0 atom stereocenters. The second kappa shape index (κ2) is 7.36. The molecular formula is C19H18N2O2S. The number of imidazole rings is 1. The van der Waals surface area contributed by atoms with Crippen LogP contribution in [0.2, 0.25) is 0 Å². The van der Waals surface area contributed by atoms with Crippen molar-refractivity contribution >= 4 is 29.5 Å². The minimum Gasteiger partial charge on any atom is -0.462 e. The predicted molar refractivity (Wildman–Crippen MR) is 96.8 cm³/mol. The molecule has 0 bridgehead atoms. The number of ether oxygens (including phenoxy) is 1. The quantitative estimate of drug-likeness (QED) is 0.394. The molecule has 24 heavy (non-hydrogen) atoms. The van der Waals surface area contributed by atoms with Crippen LogP contribution in [0.4, 0.5) is 0 Å². The van der Waals surface area contributed by atoms with E-state index >= 15 is 0 Å². The number of thioether (sulfide) groups is 1. The average Bonchev–Trinajstić information content (AvgIpc) is 2.99. The lowest BCUT2D eigenvalue weighted by Crippen LogP contribution is -2.05. The number of rotatable bonds is 5. The number of pyridine rings is 1. The first-order valence-corrected chi connectivity index (χ1v) is 8.55. The van der Waals surface area contributed by atoms with Crippen LogP contribution in [0.3, 0.4) is 0 Å². The van der Waals surface area contributed by atoms with Crippen molar-refractivity contribution in [3.8, 4) is 0 Å². The number of carbonyl (C=O) groups excluding carboxylic acids is 1. The molecule has 4 nitrogen and oxygen atoms in total. The summed E-state index contributed by atoms with van der Waals surface area (Å²) in [6.45, 7) is 4.16. The van der Waals surface area contributed by atoms with Gasteiger partial charge < -0.3 is 9.14 Å². The Balaban J connectivity index is 1.97. The molecule has 0 amide bonds. The summed E-state index contributed by atoms with van der Waals surface area (Å²) in [5, 5.41) is 0. The van der Waals surface area contributed by atoms with Crippen molar-refractivity contribution in [2.75, 3.05) is 6.61 Å². The van der Waals surface area contributed by atoms with Gasteiger partial charge in [0.1, 0.15) is 5.65 Å². The van der Waals surface area contributed by atoms with Gasteiger partial charge >= 0.3 is 5.97 Å². The number of aromatic nitrogens is 2. The molecule has 0 saturated carbocycles. The zero-order valence-corrected chi connectivity index (χ0v) is 14.4. The molecule has 3 aromatic rings. The Morgan fingerprint density at radius 3 is 2.75 bits per heavy atom. The zero-order chi connectivity index (χ0) is 16.9.